The Bertz CT molecular complexity index is 902. The Hall–Kier alpha value is -2.38. The summed E-state index contributed by atoms with van der Waals surface area (Å²) >= 11 is 0. The van der Waals surface area contributed by atoms with E-state index in [0.717, 1.165) is 17.4 Å². The van der Waals surface area contributed by atoms with Crippen LogP contribution in [0.3, 0.4) is 0 Å². The third-order valence-electron chi connectivity index (χ3n) is 4.19. The molecule has 0 heterocycles. The highest BCUT2D eigenvalue weighted by Crippen LogP contribution is 2.28. The normalized spacial score (nSPS) is 14.1. The largest absolute Gasteiger partial charge is 0.460 e. The molecule has 7 heteroatoms. The molecule has 2 unspecified atom stereocenters. The van der Waals surface area contributed by atoms with Crippen molar-refractivity contribution in [1.29, 1.82) is 0 Å². The number of carbonyl (C=O) groups is 1. The van der Waals surface area contributed by atoms with E-state index >= 15 is 0 Å². The summed E-state index contributed by atoms with van der Waals surface area (Å²) in [6, 6.07) is 16.1. The maximum absolute atomic E-state index is 12.5. The molecule has 2 atom stereocenters. The number of nitrogens with two attached hydrogens (primary N) is 1. The van der Waals surface area contributed by atoms with Crippen LogP contribution < -0.4 is 9.92 Å². The Morgan fingerprint density at radius 3 is 2.14 bits per heavy atom. The number of hydrogen-bond donors (Lipinski definition) is 1. The van der Waals surface area contributed by atoms with Gasteiger partial charge in [0.2, 0.25) is 0 Å². The van der Waals surface area contributed by atoms with E-state index in [1.165, 1.54) is 0 Å². The van der Waals surface area contributed by atoms with Crippen molar-refractivity contribution in [3.8, 4) is 5.75 Å². The van der Waals surface area contributed by atoms with Crippen molar-refractivity contribution in [2.45, 2.75) is 51.2 Å². The highest BCUT2D eigenvalue weighted by atomic mass is 32.2. The van der Waals surface area contributed by atoms with Crippen molar-refractivity contribution in [2.75, 3.05) is 6.26 Å². The first-order valence-electron chi connectivity index (χ1n) is 9.44. The van der Waals surface area contributed by atoms with Gasteiger partial charge in [-0.05, 0) is 50.5 Å². The number of benzene rings is 2. The van der Waals surface area contributed by atoms with Crippen LogP contribution in [-0.4, -0.2) is 32.3 Å². The van der Waals surface area contributed by atoms with E-state index < -0.39 is 15.7 Å². The van der Waals surface area contributed by atoms with Gasteiger partial charge in [0.25, 0.3) is 0 Å². The second-order valence-electron chi connectivity index (χ2n) is 8.11. The smallest absolute Gasteiger partial charge is 0.306 e. The zero-order chi connectivity index (χ0) is 21.7. The molecule has 0 amide bonds. The van der Waals surface area contributed by atoms with E-state index in [-0.39, 0.29) is 30.1 Å². The summed E-state index contributed by atoms with van der Waals surface area (Å²) in [5.41, 5.74) is 7.81. The molecule has 0 fully saturated rings. The molecule has 0 bridgehead atoms. The Kier molecular flexibility index (Phi) is 7.43. The molecule has 0 saturated heterocycles. The molecule has 2 rings (SSSR count). The standard InChI is InChI=1S/C22H29NO5S/c1-22(2,3)27-21(24)15-19(20(23)14-16-8-6-5-7-9-16)17-10-12-18(13-11-17)28-29(4,25)26/h5-13,19-20H,14-15,23H2,1-4H3. The van der Waals surface area contributed by atoms with E-state index in [2.05, 4.69) is 0 Å². The van der Waals surface area contributed by atoms with Crippen molar-refractivity contribution in [3.63, 3.8) is 0 Å². The van der Waals surface area contributed by atoms with Gasteiger partial charge in [-0.1, -0.05) is 42.5 Å². The Morgan fingerprint density at radius 2 is 1.62 bits per heavy atom. The van der Waals surface area contributed by atoms with E-state index in [1.807, 2.05) is 51.1 Å². The van der Waals surface area contributed by atoms with Crippen molar-refractivity contribution in [3.05, 3.63) is 65.7 Å². The summed E-state index contributed by atoms with van der Waals surface area (Å²) in [6.07, 6.45) is 1.70. The maximum atomic E-state index is 12.5. The minimum Gasteiger partial charge on any atom is -0.460 e. The third kappa shape index (κ3) is 8.25. The van der Waals surface area contributed by atoms with Gasteiger partial charge in [-0.3, -0.25) is 4.79 Å². The van der Waals surface area contributed by atoms with Gasteiger partial charge in [-0.2, -0.15) is 8.42 Å². The fourth-order valence-electron chi connectivity index (χ4n) is 3.05. The van der Waals surface area contributed by atoms with E-state index in [1.54, 1.807) is 24.3 Å². The van der Waals surface area contributed by atoms with Crippen molar-refractivity contribution >= 4 is 16.1 Å². The summed E-state index contributed by atoms with van der Waals surface area (Å²) in [7, 11) is -3.61. The predicted octanol–water partition coefficient (Wildman–Crippen LogP) is 3.41. The lowest BCUT2D eigenvalue weighted by Crippen LogP contribution is -2.34. The average Bonchev–Trinajstić information content (AvgIpc) is 2.58. The first-order chi connectivity index (χ1) is 13.4. The molecular formula is C22H29NO5S. The summed E-state index contributed by atoms with van der Waals surface area (Å²) < 4.78 is 33.0. The zero-order valence-electron chi connectivity index (χ0n) is 17.3. The van der Waals surface area contributed by atoms with Crippen LogP contribution in [0.5, 0.6) is 5.75 Å². The lowest BCUT2D eigenvalue weighted by atomic mass is 9.85. The number of rotatable bonds is 8. The average molecular weight is 420 g/mol. The molecule has 2 N–H and O–H groups in total. The van der Waals surface area contributed by atoms with E-state index in [9.17, 15) is 13.2 Å². The second kappa shape index (κ2) is 9.41. The van der Waals surface area contributed by atoms with Gasteiger partial charge in [0, 0.05) is 12.0 Å². The van der Waals surface area contributed by atoms with Gasteiger partial charge in [-0.15, -0.1) is 0 Å². The van der Waals surface area contributed by atoms with Crippen molar-refractivity contribution < 1.29 is 22.1 Å². The molecule has 2 aromatic carbocycles. The molecule has 0 aliphatic rings. The number of hydrogen-bond acceptors (Lipinski definition) is 6. The molecule has 0 aliphatic carbocycles. The van der Waals surface area contributed by atoms with Crippen LogP contribution in [0.15, 0.2) is 54.6 Å². The maximum Gasteiger partial charge on any atom is 0.306 e. The Labute approximate surface area is 173 Å². The predicted molar refractivity (Wildman–Crippen MR) is 113 cm³/mol. The second-order valence-corrected chi connectivity index (χ2v) is 9.68. The molecular weight excluding hydrogens is 390 g/mol. The van der Waals surface area contributed by atoms with Crippen LogP contribution in [0.2, 0.25) is 0 Å². The Balaban J connectivity index is 2.24. The van der Waals surface area contributed by atoms with Crippen LogP contribution in [0.25, 0.3) is 0 Å². The fourth-order valence-corrected chi connectivity index (χ4v) is 3.51. The number of carbonyl (C=O) groups excluding carboxylic acids is 1. The molecule has 158 valence electrons. The summed E-state index contributed by atoms with van der Waals surface area (Å²) in [6.45, 7) is 5.46. The molecule has 0 radical (unpaired) electrons. The molecule has 0 spiro atoms. The quantitative estimate of drug-likeness (QED) is 0.520. The van der Waals surface area contributed by atoms with E-state index in [4.69, 9.17) is 14.7 Å². The minimum absolute atomic E-state index is 0.123. The summed E-state index contributed by atoms with van der Waals surface area (Å²) in [5.74, 6) is -0.413. The van der Waals surface area contributed by atoms with Crippen LogP contribution in [0.4, 0.5) is 0 Å². The van der Waals surface area contributed by atoms with Gasteiger partial charge >= 0.3 is 16.1 Å². The monoisotopic (exact) mass is 419 g/mol. The molecule has 0 saturated carbocycles. The summed E-state index contributed by atoms with van der Waals surface area (Å²) in [4.78, 5) is 12.5. The molecule has 29 heavy (non-hydrogen) atoms. The van der Waals surface area contributed by atoms with Gasteiger partial charge < -0.3 is 14.7 Å². The Morgan fingerprint density at radius 1 is 1.03 bits per heavy atom. The fraction of sp³-hybridized carbons (Fsp3) is 0.409. The molecule has 2 aromatic rings. The third-order valence-corrected chi connectivity index (χ3v) is 4.69. The zero-order valence-corrected chi connectivity index (χ0v) is 18.1. The summed E-state index contributed by atoms with van der Waals surface area (Å²) in [5, 5.41) is 0. The lowest BCUT2D eigenvalue weighted by molar-refractivity contribution is -0.155. The van der Waals surface area contributed by atoms with Crippen LogP contribution in [-0.2, 0) is 26.1 Å². The molecule has 0 aliphatic heterocycles. The topological polar surface area (TPSA) is 95.7 Å². The molecule has 6 nitrogen and oxygen atoms in total. The highest BCUT2D eigenvalue weighted by molar-refractivity contribution is 7.86. The SMILES string of the molecule is CC(C)(C)OC(=O)CC(c1ccc(OS(C)(=O)=O)cc1)C(N)Cc1ccccc1. The van der Waals surface area contributed by atoms with Gasteiger partial charge in [0.15, 0.2) is 0 Å². The first-order valence-corrected chi connectivity index (χ1v) is 11.3. The van der Waals surface area contributed by atoms with E-state index in [0.29, 0.717) is 6.42 Å². The van der Waals surface area contributed by atoms with Crippen LogP contribution in [0.1, 0.15) is 44.2 Å². The van der Waals surface area contributed by atoms with Crippen molar-refractivity contribution in [2.24, 2.45) is 5.73 Å². The number of esters is 1. The van der Waals surface area contributed by atoms with Gasteiger partial charge in [0.05, 0.1) is 12.7 Å². The minimum atomic E-state index is -3.61. The first kappa shape index (κ1) is 22.9. The lowest BCUT2D eigenvalue weighted by Gasteiger charge is -2.26. The van der Waals surface area contributed by atoms with Crippen LogP contribution in [0, 0.1) is 0 Å². The van der Waals surface area contributed by atoms with Gasteiger partial charge in [0.1, 0.15) is 11.4 Å². The number of ether oxygens (including phenoxy) is 1. The van der Waals surface area contributed by atoms with Crippen molar-refractivity contribution in [1.82, 2.24) is 0 Å². The van der Waals surface area contributed by atoms with Gasteiger partial charge in [-0.25, -0.2) is 0 Å². The van der Waals surface area contributed by atoms with Crippen LogP contribution >= 0.6 is 0 Å². The highest BCUT2D eigenvalue weighted by Gasteiger charge is 2.26. The molecule has 0 aromatic heterocycles.